The third kappa shape index (κ3) is 3.01. The van der Waals surface area contributed by atoms with Crippen LogP contribution in [0.1, 0.15) is 39.0 Å². The molecule has 2 aromatic rings. The summed E-state index contributed by atoms with van der Waals surface area (Å²) in [6.45, 7) is 7.37. The molecule has 2 atom stereocenters. The Hall–Kier alpha value is -1.69. The predicted octanol–water partition coefficient (Wildman–Crippen LogP) is 1.96. The Labute approximate surface area is 113 Å². The van der Waals surface area contributed by atoms with E-state index in [1.807, 2.05) is 11.6 Å². The molecule has 0 saturated heterocycles. The average molecular weight is 263 g/mol. The lowest BCUT2D eigenvalue weighted by Gasteiger charge is -2.17. The van der Waals surface area contributed by atoms with Crippen molar-refractivity contribution in [2.45, 2.75) is 39.2 Å². The van der Waals surface area contributed by atoms with Crippen LogP contribution in [-0.4, -0.2) is 32.3 Å². The van der Waals surface area contributed by atoms with Gasteiger partial charge in [-0.05, 0) is 19.9 Å². The lowest BCUT2D eigenvalue weighted by Crippen LogP contribution is -2.31. The summed E-state index contributed by atoms with van der Waals surface area (Å²) >= 11 is 0. The Morgan fingerprint density at radius 3 is 2.84 bits per heavy atom. The number of aryl methyl sites for hydroxylation is 1. The Balaban J connectivity index is 2.10. The molecule has 0 aliphatic heterocycles. The molecule has 6 heteroatoms. The molecule has 0 radical (unpaired) electrons. The highest BCUT2D eigenvalue weighted by atomic mass is 16.5. The van der Waals surface area contributed by atoms with Crippen LogP contribution in [0.5, 0.6) is 0 Å². The number of aromatic nitrogens is 4. The highest BCUT2D eigenvalue weighted by molar-refractivity contribution is 5.47. The first-order valence-electron chi connectivity index (χ1n) is 6.67. The van der Waals surface area contributed by atoms with Gasteiger partial charge in [0.15, 0.2) is 0 Å². The van der Waals surface area contributed by atoms with Crippen LogP contribution in [0, 0.1) is 0 Å². The van der Waals surface area contributed by atoms with Crippen molar-refractivity contribution in [1.82, 2.24) is 25.0 Å². The fourth-order valence-electron chi connectivity index (χ4n) is 1.86. The van der Waals surface area contributed by atoms with Crippen LogP contribution in [-0.2, 0) is 7.05 Å². The Morgan fingerprint density at radius 2 is 2.21 bits per heavy atom. The molecule has 0 spiro atoms. The fraction of sp³-hybridized carbons (Fsp3) is 0.615. The minimum absolute atomic E-state index is 0.182. The van der Waals surface area contributed by atoms with Crippen molar-refractivity contribution in [2.24, 2.45) is 7.05 Å². The van der Waals surface area contributed by atoms with E-state index in [1.54, 1.807) is 12.5 Å². The van der Waals surface area contributed by atoms with Gasteiger partial charge in [-0.3, -0.25) is 0 Å². The molecule has 19 heavy (non-hydrogen) atoms. The van der Waals surface area contributed by atoms with Crippen LogP contribution in [0.2, 0.25) is 0 Å². The van der Waals surface area contributed by atoms with Crippen molar-refractivity contribution in [2.75, 3.05) is 6.54 Å². The van der Waals surface area contributed by atoms with E-state index in [0.29, 0.717) is 17.8 Å². The van der Waals surface area contributed by atoms with Gasteiger partial charge in [0, 0.05) is 13.1 Å². The fourth-order valence-corrected chi connectivity index (χ4v) is 1.86. The predicted molar refractivity (Wildman–Crippen MR) is 72.7 cm³/mol. The molecule has 6 nitrogen and oxygen atoms in total. The molecule has 2 unspecified atom stereocenters. The molecule has 0 aliphatic rings. The van der Waals surface area contributed by atoms with E-state index in [1.165, 1.54) is 0 Å². The lowest BCUT2D eigenvalue weighted by molar-refractivity contribution is 0.331. The van der Waals surface area contributed by atoms with Gasteiger partial charge in [-0.15, -0.1) is 0 Å². The van der Waals surface area contributed by atoms with E-state index < -0.39 is 0 Å². The molecule has 1 N–H and O–H groups in total. The monoisotopic (exact) mass is 263 g/mol. The normalized spacial score (nSPS) is 14.5. The maximum Gasteiger partial charge on any atom is 0.231 e. The van der Waals surface area contributed by atoms with Crippen LogP contribution >= 0.6 is 0 Å². The summed E-state index contributed by atoms with van der Waals surface area (Å²) in [5.41, 5.74) is 0.858. The molecule has 0 amide bonds. The first kappa shape index (κ1) is 13.7. The Bertz CT molecular complexity index is 519. The molecule has 2 rings (SSSR count). The van der Waals surface area contributed by atoms with Gasteiger partial charge in [0.1, 0.15) is 5.69 Å². The van der Waals surface area contributed by atoms with E-state index >= 15 is 0 Å². The number of imidazole rings is 1. The smallest absolute Gasteiger partial charge is 0.231 e. The minimum atomic E-state index is 0.182. The number of nitrogens with zero attached hydrogens (tertiary/aromatic N) is 4. The van der Waals surface area contributed by atoms with Crippen molar-refractivity contribution < 1.29 is 4.52 Å². The summed E-state index contributed by atoms with van der Waals surface area (Å²) < 4.78 is 7.24. The zero-order valence-corrected chi connectivity index (χ0v) is 11.9. The van der Waals surface area contributed by atoms with Crippen molar-refractivity contribution in [1.29, 1.82) is 0 Å². The van der Waals surface area contributed by atoms with E-state index in [0.717, 1.165) is 18.7 Å². The van der Waals surface area contributed by atoms with E-state index in [9.17, 15) is 0 Å². The second-order valence-electron chi connectivity index (χ2n) is 4.88. The van der Waals surface area contributed by atoms with E-state index in [2.05, 4.69) is 41.2 Å². The maximum absolute atomic E-state index is 5.36. The summed E-state index contributed by atoms with van der Waals surface area (Å²) in [7, 11) is 1.91. The van der Waals surface area contributed by atoms with Crippen LogP contribution in [0.25, 0.3) is 11.5 Å². The Morgan fingerprint density at radius 1 is 1.42 bits per heavy atom. The number of rotatable bonds is 6. The van der Waals surface area contributed by atoms with Gasteiger partial charge in [-0.1, -0.05) is 19.0 Å². The van der Waals surface area contributed by atoms with Gasteiger partial charge in [0.05, 0.1) is 18.4 Å². The van der Waals surface area contributed by atoms with Crippen LogP contribution in [0.4, 0.5) is 0 Å². The molecule has 104 valence electrons. The van der Waals surface area contributed by atoms with Crippen molar-refractivity contribution in [3.8, 4) is 11.5 Å². The van der Waals surface area contributed by atoms with Gasteiger partial charge >= 0.3 is 0 Å². The van der Waals surface area contributed by atoms with Crippen LogP contribution in [0.15, 0.2) is 17.0 Å². The number of hydrogen-bond acceptors (Lipinski definition) is 5. The van der Waals surface area contributed by atoms with Gasteiger partial charge in [0.25, 0.3) is 0 Å². The maximum atomic E-state index is 5.36. The van der Waals surface area contributed by atoms with Crippen molar-refractivity contribution in [3.63, 3.8) is 0 Å². The first-order valence-corrected chi connectivity index (χ1v) is 6.67. The minimum Gasteiger partial charge on any atom is -0.339 e. The van der Waals surface area contributed by atoms with Crippen LogP contribution in [0.3, 0.4) is 0 Å². The summed E-state index contributed by atoms with van der Waals surface area (Å²) in [4.78, 5) is 8.52. The number of hydrogen-bond donors (Lipinski definition) is 1. The molecule has 0 saturated carbocycles. The Kier molecular flexibility index (Phi) is 4.31. The van der Waals surface area contributed by atoms with Gasteiger partial charge < -0.3 is 14.4 Å². The third-order valence-electron chi connectivity index (χ3n) is 3.34. The zero-order valence-electron chi connectivity index (χ0n) is 11.9. The lowest BCUT2D eigenvalue weighted by atomic mass is 10.0. The average Bonchev–Trinajstić information content (AvgIpc) is 3.03. The van der Waals surface area contributed by atoms with Crippen molar-refractivity contribution >= 4 is 0 Å². The summed E-state index contributed by atoms with van der Waals surface area (Å²) in [6.07, 6.45) is 4.57. The molecule has 2 aromatic heterocycles. The van der Waals surface area contributed by atoms with E-state index in [-0.39, 0.29) is 5.92 Å². The van der Waals surface area contributed by atoms with Gasteiger partial charge in [-0.25, -0.2) is 4.98 Å². The zero-order chi connectivity index (χ0) is 13.8. The van der Waals surface area contributed by atoms with Gasteiger partial charge in [-0.2, -0.15) is 4.98 Å². The molecule has 0 bridgehead atoms. The summed E-state index contributed by atoms with van der Waals surface area (Å²) in [5.74, 6) is 1.43. The third-order valence-corrected chi connectivity index (χ3v) is 3.34. The SMILES string of the molecule is CCCNC(C)C(C)c1nc(-c2cncn2C)no1. The van der Waals surface area contributed by atoms with Gasteiger partial charge in [0.2, 0.25) is 11.7 Å². The van der Waals surface area contributed by atoms with Crippen LogP contribution < -0.4 is 5.32 Å². The van der Waals surface area contributed by atoms with Crippen molar-refractivity contribution in [3.05, 3.63) is 18.4 Å². The van der Waals surface area contributed by atoms with E-state index in [4.69, 9.17) is 4.52 Å². The molecular formula is C13H21N5O. The quantitative estimate of drug-likeness (QED) is 0.862. The molecule has 0 aliphatic carbocycles. The topological polar surface area (TPSA) is 68.8 Å². The highest BCUT2D eigenvalue weighted by Crippen LogP contribution is 2.21. The largest absolute Gasteiger partial charge is 0.339 e. The summed E-state index contributed by atoms with van der Waals surface area (Å²) in [6, 6.07) is 0.305. The second-order valence-corrected chi connectivity index (χ2v) is 4.88. The highest BCUT2D eigenvalue weighted by Gasteiger charge is 2.21. The summed E-state index contributed by atoms with van der Waals surface area (Å²) in [5, 5.41) is 7.47. The first-order chi connectivity index (χ1) is 9.13. The second kappa shape index (κ2) is 5.97. The molecule has 0 aromatic carbocycles. The molecule has 2 heterocycles. The molecular weight excluding hydrogens is 242 g/mol. The number of nitrogens with one attached hydrogen (secondary N) is 1. The standard InChI is InChI=1S/C13H21N5O/c1-5-6-15-10(3)9(2)13-16-12(17-19-13)11-7-14-8-18(11)4/h7-10,15H,5-6H2,1-4H3. The molecule has 0 fully saturated rings.